The Morgan fingerprint density at radius 2 is 1.72 bits per heavy atom. The summed E-state index contributed by atoms with van der Waals surface area (Å²) in [6, 6.07) is 9.82. The minimum Gasteiger partial charge on any atom is -0.447 e. The van der Waals surface area contributed by atoms with Crippen LogP contribution in [-0.4, -0.2) is 29.5 Å². The Kier molecular flexibility index (Phi) is 6.48. The molecule has 0 aromatic heterocycles. The fraction of sp³-hybridized carbons (Fsp3) is 0.619. The third-order valence-corrected chi connectivity index (χ3v) is 5.54. The van der Waals surface area contributed by atoms with Crippen LogP contribution in [0.3, 0.4) is 0 Å². The molecule has 1 heterocycles. The number of cyclic esters (lactones) is 1. The summed E-state index contributed by atoms with van der Waals surface area (Å²) in [7, 11) is 0. The fourth-order valence-corrected chi connectivity index (χ4v) is 4.08. The Labute approximate surface area is 150 Å². The van der Waals surface area contributed by atoms with Crippen LogP contribution in [0.1, 0.15) is 63.4 Å². The Balaban J connectivity index is 1.54. The summed E-state index contributed by atoms with van der Waals surface area (Å²) in [5.74, 6) is 0.570. The smallest absolute Gasteiger partial charge is 0.416 e. The Morgan fingerprint density at radius 1 is 1.04 bits per heavy atom. The second-order valence-electron chi connectivity index (χ2n) is 7.43. The molecular weight excluding hydrogens is 314 g/mol. The number of imide groups is 1. The number of hydrogen-bond acceptors (Lipinski definition) is 3. The Morgan fingerprint density at radius 3 is 2.44 bits per heavy atom. The Hall–Kier alpha value is -1.84. The van der Waals surface area contributed by atoms with Crippen molar-refractivity contribution >= 4 is 12.0 Å². The molecule has 4 nitrogen and oxygen atoms in total. The van der Waals surface area contributed by atoms with Crippen molar-refractivity contribution < 1.29 is 14.3 Å². The van der Waals surface area contributed by atoms with E-state index in [2.05, 4.69) is 0 Å². The first-order valence-electron chi connectivity index (χ1n) is 9.77. The van der Waals surface area contributed by atoms with Gasteiger partial charge in [0.1, 0.15) is 6.61 Å². The minimum absolute atomic E-state index is 0.0644. The zero-order valence-electron chi connectivity index (χ0n) is 15.0. The normalized spacial score (nSPS) is 22.3. The van der Waals surface area contributed by atoms with Crippen LogP contribution < -0.4 is 0 Å². The largest absolute Gasteiger partial charge is 0.447 e. The van der Waals surface area contributed by atoms with E-state index < -0.39 is 6.09 Å². The van der Waals surface area contributed by atoms with Crippen LogP contribution >= 0.6 is 0 Å². The molecule has 0 bridgehead atoms. The first kappa shape index (κ1) is 18.0. The third-order valence-electron chi connectivity index (χ3n) is 5.54. The number of rotatable bonds is 5. The average molecular weight is 343 g/mol. The van der Waals surface area contributed by atoms with Crippen molar-refractivity contribution in [2.24, 2.45) is 5.92 Å². The molecule has 2 amide bonds. The topological polar surface area (TPSA) is 46.6 Å². The lowest BCUT2D eigenvalue weighted by Crippen LogP contribution is -2.40. The molecule has 2 fully saturated rings. The molecule has 1 aromatic carbocycles. The van der Waals surface area contributed by atoms with Gasteiger partial charge in [0.2, 0.25) is 5.91 Å². The quantitative estimate of drug-likeness (QED) is 0.777. The lowest BCUT2D eigenvalue weighted by atomic mass is 9.88. The zero-order valence-corrected chi connectivity index (χ0v) is 15.0. The second-order valence-corrected chi connectivity index (χ2v) is 7.43. The van der Waals surface area contributed by atoms with Gasteiger partial charge in [-0.2, -0.15) is 0 Å². The van der Waals surface area contributed by atoms with Crippen molar-refractivity contribution in [3.63, 3.8) is 0 Å². The van der Waals surface area contributed by atoms with Crippen LogP contribution in [0.25, 0.3) is 0 Å². The number of hydrogen-bond donors (Lipinski definition) is 0. The highest BCUT2D eigenvalue weighted by Crippen LogP contribution is 2.27. The van der Waals surface area contributed by atoms with E-state index in [1.165, 1.54) is 49.8 Å². The standard InChI is InChI=1S/C21H29NO3/c23-20(14-13-17-9-5-2-1-3-6-10-17)22-19(16-25-21(22)24)15-18-11-7-4-8-12-18/h4,7-8,11-12,17,19H,1-3,5-6,9-10,13-16H2/t19-/m0/s1. The van der Waals surface area contributed by atoms with E-state index in [-0.39, 0.29) is 11.9 Å². The van der Waals surface area contributed by atoms with Crippen molar-refractivity contribution in [1.82, 2.24) is 4.90 Å². The molecule has 3 rings (SSSR count). The molecule has 1 aliphatic carbocycles. The fourth-order valence-electron chi connectivity index (χ4n) is 4.08. The van der Waals surface area contributed by atoms with E-state index in [1.54, 1.807) is 0 Å². The van der Waals surface area contributed by atoms with Gasteiger partial charge < -0.3 is 4.74 Å². The molecule has 1 atom stereocenters. The number of nitrogens with zero attached hydrogens (tertiary/aromatic N) is 1. The molecule has 0 N–H and O–H groups in total. The highest BCUT2D eigenvalue weighted by molar-refractivity contribution is 5.93. The molecular formula is C21H29NO3. The number of ether oxygens (including phenoxy) is 1. The van der Waals surface area contributed by atoms with E-state index >= 15 is 0 Å². The number of amides is 2. The van der Waals surface area contributed by atoms with Gasteiger partial charge in [-0.3, -0.25) is 4.79 Å². The van der Waals surface area contributed by atoms with Gasteiger partial charge in [0.05, 0.1) is 6.04 Å². The summed E-state index contributed by atoms with van der Waals surface area (Å²) in [5.41, 5.74) is 1.13. The highest BCUT2D eigenvalue weighted by Gasteiger charge is 2.37. The molecule has 2 aliphatic rings. The second kappa shape index (κ2) is 9.02. The molecule has 0 spiro atoms. The van der Waals surface area contributed by atoms with Gasteiger partial charge in [-0.25, -0.2) is 9.69 Å². The first-order chi connectivity index (χ1) is 12.2. The Bertz CT molecular complexity index is 564. The van der Waals surface area contributed by atoms with Crippen LogP contribution in [0.15, 0.2) is 30.3 Å². The lowest BCUT2D eigenvalue weighted by Gasteiger charge is -2.22. The molecule has 1 saturated heterocycles. The van der Waals surface area contributed by atoms with Crippen molar-refractivity contribution in [2.75, 3.05) is 6.61 Å². The number of carbonyl (C=O) groups is 2. The highest BCUT2D eigenvalue weighted by atomic mass is 16.6. The predicted molar refractivity (Wildman–Crippen MR) is 97.2 cm³/mol. The van der Waals surface area contributed by atoms with E-state index in [9.17, 15) is 9.59 Å². The molecule has 136 valence electrons. The van der Waals surface area contributed by atoms with Crippen molar-refractivity contribution in [3.8, 4) is 0 Å². The van der Waals surface area contributed by atoms with E-state index in [0.29, 0.717) is 25.4 Å². The molecule has 0 radical (unpaired) electrons. The summed E-state index contributed by atoms with van der Waals surface area (Å²) in [4.78, 5) is 26.1. The van der Waals surface area contributed by atoms with Crippen molar-refractivity contribution in [2.45, 2.75) is 70.3 Å². The summed E-state index contributed by atoms with van der Waals surface area (Å²) >= 11 is 0. The predicted octanol–water partition coefficient (Wildman–Crippen LogP) is 4.72. The molecule has 1 aliphatic heterocycles. The SMILES string of the molecule is O=C(CCC1CCCCCCC1)N1C(=O)OC[C@@H]1Cc1ccccc1. The molecule has 1 saturated carbocycles. The monoisotopic (exact) mass is 343 g/mol. The van der Waals surface area contributed by atoms with Crippen LogP contribution in [0.2, 0.25) is 0 Å². The minimum atomic E-state index is -0.469. The molecule has 4 heteroatoms. The zero-order chi connectivity index (χ0) is 17.5. The van der Waals surface area contributed by atoms with Crippen LogP contribution in [0.5, 0.6) is 0 Å². The van der Waals surface area contributed by atoms with E-state index in [1.807, 2.05) is 30.3 Å². The lowest BCUT2D eigenvalue weighted by molar-refractivity contribution is -0.129. The van der Waals surface area contributed by atoms with E-state index in [0.717, 1.165) is 12.0 Å². The molecule has 0 unspecified atom stereocenters. The maximum Gasteiger partial charge on any atom is 0.416 e. The van der Waals surface area contributed by atoms with E-state index in [4.69, 9.17) is 4.74 Å². The first-order valence-corrected chi connectivity index (χ1v) is 9.77. The van der Waals surface area contributed by atoms with Gasteiger partial charge in [0.15, 0.2) is 0 Å². The van der Waals surface area contributed by atoms with Crippen molar-refractivity contribution in [1.29, 1.82) is 0 Å². The summed E-state index contributed by atoms with van der Waals surface area (Å²) in [5, 5.41) is 0. The van der Waals surface area contributed by atoms with Crippen molar-refractivity contribution in [3.05, 3.63) is 35.9 Å². The number of benzene rings is 1. The van der Waals surface area contributed by atoms with Crippen LogP contribution in [0.4, 0.5) is 4.79 Å². The summed E-state index contributed by atoms with van der Waals surface area (Å²) in [6.45, 7) is 0.308. The van der Waals surface area contributed by atoms with Gasteiger partial charge in [0, 0.05) is 6.42 Å². The van der Waals surface area contributed by atoms with Gasteiger partial charge >= 0.3 is 6.09 Å². The van der Waals surface area contributed by atoms with Gasteiger partial charge in [-0.15, -0.1) is 0 Å². The number of carbonyl (C=O) groups excluding carboxylic acids is 2. The maximum atomic E-state index is 12.7. The molecule has 25 heavy (non-hydrogen) atoms. The van der Waals surface area contributed by atoms with Gasteiger partial charge in [-0.05, 0) is 24.3 Å². The average Bonchev–Trinajstić information content (AvgIpc) is 2.95. The maximum absolute atomic E-state index is 12.7. The third kappa shape index (κ3) is 5.07. The molecule has 1 aromatic rings. The van der Waals surface area contributed by atoms with Gasteiger partial charge in [-0.1, -0.05) is 75.3 Å². The summed E-state index contributed by atoms with van der Waals surface area (Å²) in [6.07, 6.45) is 10.6. The summed E-state index contributed by atoms with van der Waals surface area (Å²) < 4.78 is 5.17. The van der Waals surface area contributed by atoms with Crippen LogP contribution in [-0.2, 0) is 16.0 Å². The van der Waals surface area contributed by atoms with Crippen LogP contribution in [0, 0.1) is 5.92 Å². The van der Waals surface area contributed by atoms with Gasteiger partial charge in [0.25, 0.3) is 0 Å².